The van der Waals surface area contributed by atoms with Crippen molar-refractivity contribution in [3.63, 3.8) is 0 Å². The minimum absolute atomic E-state index is 0.0271. The molecule has 1 aliphatic heterocycles. The molecule has 0 unspecified atom stereocenters. The molecule has 2 aromatic rings. The van der Waals surface area contributed by atoms with Gasteiger partial charge in [0.2, 0.25) is 5.91 Å². The normalized spacial score (nSPS) is 13.4. The van der Waals surface area contributed by atoms with Gasteiger partial charge in [0, 0.05) is 30.5 Å². The average molecular weight is 399 g/mol. The number of amides is 3. The van der Waals surface area contributed by atoms with Crippen molar-refractivity contribution in [3.05, 3.63) is 42.5 Å². The van der Waals surface area contributed by atoms with E-state index in [9.17, 15) is 9.59 Å². The summed E-state index contributed by atoms with van der Waals surface area (Å²) in [7, 11) is 3.08. The maximum atomic E-state index is 12.7. The van der Waals surface area contributed by atoms with Crippen LogP contribution in [0.5, 0.6) is 17.2 Å². The average Bonchev–Trinajstić information content (AvgIpc) is 3.08. The third-order valence-electron chi connectivity index (χ3n) is 4.56. The highest BCUT2D eigenvalue weighted by molar-refractivity contribution is 5.99. The second-order valence-electron chi connectivity index (χ2n) is 6.40. The molecule has 0 atom stereocenters. The first kappa shape index (κ1) is 20.3. The van der Waals surface area contributed by atoms with E-state index in [0.29, 0.717) is 36.9 Å². The molecule has 0 radical (unpaired) electrons. The lowest BCUT2D eigenvalue weighted by atomic mass is 10.2. The second kappa shape index (κ2) is 9.18. The van der Waals surface area contributed by atoms with Crippen LogP contribution in [-0.2, 0) is 4.79 Å². The third-order valence-corrected chi connectivity index (χ3v) is 4.56. The fraction of sp³-hybridized carbons (Fsp3) is 0.333. The highest BCUT2D eigenvalue weighted by Gasteiger charge is 2.30. The first-order valence-electron chi connectivity index (χ1n) is 9.37. The first-order chi connectivity index (χ1) is 14.0. The van der Waals surface area contributed by atoms with Crippen LogP contribution in [0.4, 0.5) is 16.2 Å². The molecule has 8 nitrogen and oxygen atoms in total. The zero-order valence-corrected chi connectivity index (χ0v) is 16.8. The molecule has 1 aliphatic rings. The van der Waals surface area contributed by atoms with Gasteiger partial charge in [-0.25, -0.2) is 4.79 Å². The van der Waals surface area contributed by atoms with E-state index >= 15 is 0 Å². The molecular weight excluding hydrogens is 374 g/mol. The van der Waals surface area contributed by atoms with Crippen molar-refractivity contribution in [3.8, 4) is 17.2 Å². The number of ether oxygens (including phenoxy) is 3. The number of urea groups is 1. The van der Waals surface area contributed by atoms with Crippen molar-refractivity contribution in [2.45, 2.75) is 6.92 Å². The van der Waals surface area contributed by atoms with Gasteiger partial charge in [-0.3, -0.25) is 9.69 Å². The number of hydrogen-bond donors (Lipinski definition) is 1. The number of carbonyl (C=O) groups is 2. The quantitative estimate of drug-likeness (QED) is 0.738. The van der Waals surface area contributed by atoms with Crippen LogP contribution in [0, 0.1) is 0 Å². The Bertz CT molecular complexity index is 869. The van der Waals surface area contributed by atoms with Crippen LogP contribution in [0.15, 0.2) is 42.5 Å². The van der Waals surface area contributed by atoms with Gasteiger partial charge in [-0.15, -0.1) is 0 Å². The fourth-order valence-corrected chi connectivity index (χ4v) is 3.15. The van der Waals surface area contributed by atoms with E-state index < -0.39 is 0 Å². The minimum atomic E-state index is -0.279. The van der Waals surface area contributed by atoms with Gasteiger partial charge in [0.25, 0.3) is 0 Å². The highest BCUT2D eigenvalue weighted by atomic mass is 16.5. The molecule has 8 heteroatoms. The Labute approximate surface area is 170 Å². The molecular formula is C21H25N3O5. The van der Waals surface area contributed by atoms with E-state index in [2.05, 4.69) is 5.32 Å². The van der Waals surface area contributed by atoms with Gasteiger partial charge in [-0.2, -0.15) is 0 Å². The standard InChI is InChI=1S/C21H25N3O5/c1-4-29-17-8-6-16(7-9-17)24-12-11-23(21(24)26)14-20(25)22-15-5-10-18(27-2)19(13-15)28-3/h5-10,13H,4,11-12,14H2,1-3H3,(H,22,25). The van der Waals surface area contributed by atoms with Crippen molar-refractivity contribution >= 4 is 23.3 Å². The molecule has 0 aliphatic carbocycles. The predicted octanol–water partition coefficient (Wildman–Crippen LogP) is 2.98. The second-order valence-corrected chi connectivity index (χ2v) is 6.40. The molecule has 3 amide bonds. The van der Waals surface area contributed by atoms with Crippen LogP contribution in [-0.4, -0.2) is 57.3 Å². The van der Waals surface area contributed by atoms with Crippen molar-refractivity contribution in [2.75, 3.05) is 50.7 Å². The van der Waals surface area contributed by atoms with Crippen LogP contribution < -0.4 is 24.4 Å². The largest absolute Gasteiger partial charge is 0.494 e. The number of benzene rings is 2. The van der Waals surface area contributed by atoms with Crippen LogP contribution in [0.25, 0.3) is 0 Å². The molecule has 0 saturated carbocycles. The molecule has 29 heavy (non-hydrogen) atoms. The smallest absolute Gasteiger partial charge is 0.325 e. The monoisotopic (exact) mass is 399 g/mol. The van der Waals surface area contributed by atoms with Crippen molar-refractivity contribution in [1.82, 2.24) is 4.90 Å². The molecule has 3 rings (SSSR count). The number of hydrogen-bond acceptors (Lipinski definition) is 5. The lowest BCUT2D eigenvalue weighted by molar-refractivity contribution is -0.116. The molecule has 0 bridgehead atoms. The van der Waals surface area contributed by atoms with Crippen LogP contribution in [0.3, 0.4) is 0 Å². The molecule has 0 spiro atoms. The van der Waals surface area contributed by atoms with E-state index in [1.54, 1.807) is 30.2 Å². The Kier molecular flexibility index (Phi) is 6.43. The van der Waals surface area contributed by atoms with E-state index in [1.807, 2.05) is 31.2 Å². The van der Waals surface area contributed by atoms with Gasteiger partial charge in [-0.1, -0.05) is 0 Å². The lowest BCUT2D eigenvalue weighted by Crippen LogP contribution is -2.37. The topological polar surface area (TPSA) is 80.3 Å². The Morgan fingerprint density at radius 3 is 2.41 bits per heavy atom. The predicted molar refractivity (Wildman–Crippen MR) is 110 cm³/mol. The summed E-state index contributed by atoms with van der Waals surface area (Å²) < 4.78 is 15.9. The summed E-state index contributed by atoms with van der Waals surface area (Å²) >= 11 is 0. The number of methoxy groups -OCH3 is 2. The van der Waals surface area contributed by atoms with Crippen molar-refractivity contribution in [2.24, 2.45) is 0 Å². The Morgan fingerprint density at radius 2 is 1.76 bits per heavy atom. The fourth-order valence-electron chi connectivity index (χ4n) is 3.15. The lowest BCUT2D eigenvalue weighted by Gasteiger charge is -2.19. The first-order valence-corrected chi connectivity index (χ1v) is 9.37. The van der Waals surface area contributed by atoms with Crippen LogP contribution in [0.1, 0.15) is 6.92 Å². The van der Waals surface area contributed by atoms with Gasteiger partial charge in [0.1, 0.15) is 12.3 Å². The van der Waals surface area contributed by atoms with E-state index in [-0.39, 0.29) is 18.5 Å². The SMILES string of the molecule is CCOc1ccc(N2CCN(CC(=O)Nc3ccc(OC)c(OC)c3)C2=O)cc1. The number of rotatable bonds is 8. The molecule has 0 aromatic heterocycles. The van der Waals surface area contributed by atoms with E-state index in [0.717, 1.165) is 11.4 Å². The zero-order valence-electron chi connectivity index (χ0n) is 16.8. The Morgan fingerprint density at radius 1 is 1.03 bits per heavy atom. The summed E-state index contributed by atoms with van der Waals surface area (Å²) in [6.45, 7) is 3.48. The number of nitrogens with one attached hydrogen (secondary N) is 1. The molecule has 1 N–H and O–H groups in total. The van der Waals surface area contributed by atoms with Gasteiger partial charge < -0.3 is 24.4 Å². The molecule has 1 heterocycles. The summed E-state index contributed by atoms with van der Waals surface area (Å²) in [5.41, 5.74) is 1.35. The summed E-state index contributed by atoms with van der Waals surface area (Å²) in [5.74, 6) is 1.57. The van der Waals surface area contributed by atoms with Crippen LogP contribution in [0.2, 0.25) is 0 Å². The highest BCUT2D eigenvalue weighted by Crippen LogP contribution is 2.30. The maximum Gasteiger partial charge on any atom is 0.325 e. The summed E-state index contributed by atoms with van der Waals surface area (Å²) in [4.78, 5) is 28.3. The minimum Gasteiger partial charge on any atom is -0.494 e. The number of nitrogens with zero attached hydrogens (tertiary/aromatic N) is 2. The molecule has 2 aromatic carbocycles. The molecule has 1 fully saturated rings. The van der Waals surface area contributed by atoms with E-state index in [4.69, 9.17) is 14.2 Å². The maximum absolute atomic E-state index is 12.7. The Hall–Kier alpha value is -3.42. The number of anilines is 2. The van der Waals surface area contributed by atoms with E-state index in [1.165, 1.54) is 12.0 Å². The van der Waals surface area contributed by atoms with Crippen molar-refractivity contribution in [1.29, 1.82) is 0 Å². The molecule has 154 valence electrons. The van der Waals surface area contributed by atoms with Crippen molar-refractivity contribution < 1.29 is 23.8 Å². The third kappa shape index (κ3) is 4.71. The zero-order chi connectivity index (χ0) is 20.8. The Balaban J connectivity index is 1.59. The van der Waals surface area contributed by atoms with Gasteiger partial charge in [0.05, 0.1) is 20.8 Å². The van der Waals surface area contributed by atoms with Gasteiger partial charge in [0.15, 0.2) is 11.5 Å². The summed E-state index contributed by atoms with van der Waals surface area (Å²) in [6, 6.07) is 12.3. The van der Waals surface area contributed by atoms with Gasteiger partial charge in [-0.05, 0) is 43.3 Å². The summed E-state index contributed by atoms with van der Waals surface area (Å²) in [5, 5.41) is 2.79. The summed E-state index contributed by atoms with van der Waals surface area (Å²) in [6.07, 6.45) is 0. The number of carbonyl (C=O) groups excluding carboxylic acids is 2. The van der Waals surface area contributed by atoms with Gasteiger partial charge >= 0.3 is 6.03 Å². The van der Waals surface area contributed by atoms with Crippen LogP contribution >= 0.6 is 0 Å². The molecule has 1 saturated heterocycles.